The van der Waals surface area contributed by atoms with Gasteiger partial charge in [-0.15, -0.1) is 0 Å². The first-order chi connectivity index (χ1) is 13.4. The zero-order chi connectivity index (χ0) is 21.4. The molecule has 6 N–H and O–H groups in total. The molecule has 1 aliphatic heterocycles. The summed E-state index contributed by atoms with van der Waals surface area (Å²) in [6, 6.07) is 0. The number of phosphoric acid groups is 3. The quantitative estimate of drug-likeness (QED) is 0.224. The summed E-state index contributed by atoms with van der Waals surface area (Å²) in [5.74, 6) is 0.191. The number of nitrogens with zero attached hydrogens (tertiary/aromatic N) is 4. The Hall–Kier alpha value is 0.512. The van der Waals surface area contributed by atoms with Crippen LogP contribution in [0.1, 0.15) is 19.1 Å². The largest absolute Gasteiger partial charge is 0.490 e. The van der Waals surface area contributed by atoms with Gasteiger partial charge in [0.25, 0.3) is 0 Å². The first kappa shape index (κ1) is 32.5. The molecule has 165 valence electrons. The summed E-state index contributed by atoms with van der Waals surface area (Å²) in [5, 5.41) is 0. The third kappa shape index (κ3) is 8.94. The normalized spacial score (nSPS) is 22.1. The van der Waals surface area contributed by atoms with Crippen LogP contribution in [0, 0.1) is 0 Å². The van der Waals surface area contributed by atoms with E-state index in [1.54, 1.807) is 4.57 Å². The molecular weight excluding hydrogens is 480 g/mol. The fourth-order valence-electron chi connectivity index (χ4n) is 2.58. The summed E-state index contributed by atoms with van der Waals surface area (Å²) >= 11 is 0. The number of hydrogen-bond donors (Lipinski definition) is 5. The number of nitrogen functional groups attached to an aromatic ring is 1. The van der Waals surface area contributed by atoms with E-state index in [2.05, 4.69) is 28.1 Å². The minimum absolute atomic E-state index is 0. The Morgan fingerprint density at radius 2 is 1.69 bits per heavy atom. The van der Waals surface area contributed by atoms with Crippen molar-refractivity contribution in [3.63, 3.8) is 0 Å². The van der Waals surface area contributed by atoms with Gasteiger partial charge in [0.1, 0.15) is 18.1 Å². The first-order valence-electron chi connectivity index (χ1n) is 7.72. The molecule has 0 saturated carbocycles. The fourth-order valence-corrected chi connectivity index (χ4v) is 5.62. The number of aromatic nitrogens is 4. The molecule has 0 bridgehead atoms. The van der Waals surface area contributed by atoms with E-state index < -0.39 is 42.4 Å². The van der Waals surface area contributed by atoms with Crippen LogP contribution < -0.4 is 5.73 Å². The molecule has 16 nitrogen and oxygen atoms in total. The van der Waals surface area contributed by atoms with Gasteiger partial charge in [0.05, 0.1) is 19.0 Å². The molecule has 3 radical (unpaired) electrons. The average molecular weight is 496 g/mol. The van der Waals surface area contributed by atoms with E-state index in [1.807, 2.05) is 0 Å². The van der Waals surface area contributed by atoms with Crippen molar-refractivity contribution in [1.82, 2.24) is 19.5 Å². The van der Waals surface area contributed by atoms with Crippen LogP contribution in [-0.4, -0.2) is 108 Å². The third-order valence-corrected chi connectivity index (χ3v) is 7.42. The molecular formula is C10H16Li3N5O11P3. The minimum Gasteiger partial charge on any atom is -0.382 e. The van der Waals surface area contributed by atoms with E-state index in [-0.39, 0.29) is 62.4 Å². The summed E-state index contributed by atoms with van der Waals surface area (Å²) in [6.45, 7) is -0.524. The predicted molar refractivity (Wildman–Crippen MR) is 110 cm³/mol. The van der Waals surface area contributed by atoms with E-state index in [0.29, 0.717) is 24.0 Å². The molecule has 0 amide bonds. The second-order valence-corrected chi connectivity index (χ2v) is 10.2. The van der Waals surface area contributed by atoms with Crippen LogP contribution in [0.25, 0.3) is 11.2 Å². The minimum atomic E-state index is -5.56. The summed E-state index contributed by atoms with van der Waals surface area (Å²) in [4.78, 5) is 47.6. The summed E-state index contributed by atoms with van der Waals surface area (Å²) in [7, 11) is -16.2. The van der Waals surface area contributed by atoms with Gasteiger partial charge in [0.2, 0.25) is 0 Å². The predicted octanol–water partition coefficient (Wildman–Crippen LogP) is -0.713. The molecule has 0 spiro atoms. The molecule has 22 heteroatoms. The number of imidazole rings is 1. The average Bonchev–Trinajstić information content (AvgIpc) is 3.16. The topological polar surface area (TPSA) is 239 Å². The zero-order valence-electron chi connectivity index (χ0n) is 17.3. The maximum atomic E-state index is 11.7. The van der Waals surface area contributed by atoms with Gasteiger partial charge in [-0.2, -0.15) is 8.62 Å². The van der Waals surface area contributed by atoms with Gasteiger partial charge < -0.3 is 30.0 Å². The molecule has 3 rings (SSSR count). The number of rotatable bonds is 8. The molecule has 0 aromatic carbocycles. The molecule has 2 aromatic heterocycles. The van der Waals surface area contributed by atoms with E-state index in [0.717, 1.165) is 0 Å². The van der Waals surface area contributed by atoms with Gasteiger partial charge in [-0.05, 0) is 12.8 Å². The zero-order valence-corrected chi connectivity index (χ0v) is 20.0. The van der Waals surface area contributed by atoms with E-state index in [4.69, 9.17) is 25.2 Å². The number of fused-ring (bicyclic) bond motifs is 1. The van der Waals surface area contributed by atoms with Crippen LogP contribution in [0.5, 0.6) is 0 Å². The number of nitrogens with two attached hydrogens (primary N) is 1. The maximum Gasteiger partial charge on any atom is 0.490 e. The van der Waals surface area contributed by atoms with Crippen LogP contribution in [0.2, 0.25) is 0 Å². The Morgan fingerprint density at radius 3 is 2.31 bits per heavy atom. The Balaban J connectivity index is 0.00000320. The smallest absolute Gasteiger partial charge is 0.382 e. The van der Waals surface area contributed by atoms with Gasteiger partial charge in [-0.25, -0.2) is 28.6 Å². The number of ether oxygens (including phenoxy) is 1. The first-order valence-corrected chi connectivity index (χ1v) is 12.2. The van der Waals surface area contributed by atoms with Crippen molar-refractivity contribution >= 4 is 97.0 Å². The Labute approximate surface area is 217 Å². The van der Waals surface area contributed by atoms with Gasteiger partial charge in [0, 0.05) is 56.6 Å². The van der Waals surface area contributed by atoms with Gasteiger partial charge in [-0.3, -0.25) is 9.09 Å². The molecule has 1 fully saturated rings. The van der Waals surface area contributed by atoms with Gasteiger partial charge in [-0.1, -0.05) is 0 Å². The fraction of sp³-hybridized carbons (Fsp3) is 0.500. The van der Waals surface area contributed by atoms with Crippen LogP contribution in [0.4, 0.5) is 5.82 Å². The number of anilines is 1. The third-order valence-electron chi connectivity index (χ3n) is 3.62. The molecule has 2 aromatic rings. The molecule has 0 aliphatic carbocycles. The van der Waals surface area contributed by atoms with E-state index >= 15 is 0 Å². The summed E-state index contributed by atoms with van der Waals surface area (Å²) < 4.78 is 52.7. The Bertz CT molecular complexity index is 1050. The van der Waals surface area contributed by atoms with Crippen molar-refractivity contribution in [3.8, 4) is 0 Å². The van der Waals surface area contributed by atoms with Crippen molar-refractivity contribution in [3.05, 3.63) is 12.7 Å². The van der Waals surface area contributed by atoms with E-state index in [1.165, 1.54) is 12.7 Å². The number of phosphoric ester groups is 1. The van der Waals surface area contributed by atoms with Crippen molar-refractivity contribution in [1.29, 1.82) is 0 Å². The molecule has 1 aliphatic rings. The standard InChI is InChI=1S/C10H16N5O11P3.3Li/c11-9-8-10(13-4-12-9)15(5-14-8)7-2-1-6(24-7)3-23-28(19,20)26-29(21,22)25-27(16,17)18;;;/h4-7H,1-3H2,(H,19,20)(H,21,22)(H2,11,12,13)(H2,16,17,18);;;/t6-,7+;;;/m0.../s1. The second kappa shape index (κ2) is 12.5. The van der Waals surface area contributed by atoms with Crippen LogP contribution in [0.15, 0.2) is 12.7 Å². The van der Waals surface area contributed by atoms with Crippen molar-refractivity contribution in [2.75, 3.05) is 12.3 Å². The van der Waals surface area contributed by atoms with E-state index in [9.17, 15) is 18.6 Å². The summed E-state index contributed by atoms with van der Waals surface area (Å²) in [5.41, 5.74) is 6.53. The second-order valence-electron chi connectivity index (χ2n) is 5.76. The van der Waals surface area contributed by atoms with Crippen LogP contribution in [0.3, 0.4) is 0 Å². The molecule has 32 heavy (non-hydrogen) atoms. The van der Waals surface area contributed by atoms with Crippen molar-refractivity contribution in [2.45, 2.75) is 25.2 Å². The Kier molecular flexibility index (Phi) is 12.7. The monoisotopic (exact) mass is 496 g/mol. The number of hydrogen-bond acceptors (Lipinski definition) is 11. The van der Waals surface area contributed by atoms with Crippen molar-refractivity contribution in [2.24, 2.45) is 0 Å². The Morgan fingerprint density at radius 1 is 1.03 bits per heavy atom. The molecule has 1 saturated heterocycles. The SMILES string of the molecule is Nc1ncnc2c1ncn2[C@H]1CC[C@@H](COP(=O)(O)OP(=O)(O)OP(=O)(O)O)O1.[Li].[Li].[Li]. The molecule has 2 unspecified atom stereocenters. The van der Waals surface area contributed by atoms with Gasteiger partial charge >= 0.3 is 23.5 Å². The molecule has 4 atom stereocenters. The van der Waals surface area contributed by atoms with Crippen LogP contribution >= 0.6 is 23.5 Å². The van der Waals surface area contributed by atoms with Gasteiger partial charge in [0.15, 0.2) is 11.5 Å². The summed E-state index contributed by atoms with van der Waals surface area (Å²) in [6.07, 6.45) is 2.30. The molecule has 3 heterocycles. The van der Waals surface area contributed by atoms with Crippen LogP contribution in [-0.2, 0) is 31.6 Å². The van der Waals surface area contributed by atoms with Crippen molar-refractivity contribution < 1.29 is 51.2 Å². The maximum absolute atomic E-state index is 11.7.